The van der Waals surface area contributed by atoms with Crippen molar-refractivity contribution < 1.29 is 9.84 Å². The maximum Gasteiger partial charge on any atom is 0.0638 e. The van der Waals surface area contributed by atoms with Gasteiger partial charge in [0.25, 0.3) is 0 Å². The number of nitrogens with one attached hydrogen (secondary N) is 1. The van der Waals surface area contributed by atoms with Gasteiger partial charge < -0.3 is 9.84 Å². The summed E-state index contributed by atoms with van der Waals surface area (Å²) < 4.78 is 5.18. The molecule has 0 aliphatic carbocycles. The Morgan fingerprint density at radius 2 is 1.71 bits per heavy atom. The first-order valence-corrected chi connectivity index (χ1v) is 7.22. The fourth-order valence-electron chi connectivity index (χ4n) is 2.51. The number of hydrogen-bond donors (Lipinski definition) is 2. The van der Waals surface area contributed by atoms with Crippen LogP contribution in [0.5, 0.6) is 0 Å². The first-order valence-electron chi connectivity index (χ1n) is 7.22. The molecule has 112 valence electrons. The maximum atomic E-state index is 9.53. The maximum absolute atomic E-state index is 9.53. The van der Waals surface area contributed by atoms with Gasteiger partial charge in [-0.1, -0.05) is 54.6 Å². The molecule has 0 fully saturated rings. The highest BCUT2D eigenvalue weighted by Gasteiger charge is 2.19. The number of rotatable bonds is 7. The van der Waals surface area contributed by atoms with Crippen LogP contribution in [0, 0.1) is 6.92 Å². The molecule has 0 aliphatic heterocycles. The van der Waals surface area contributed by atoms with Crippen molar-refractivity contribution in [2.45, 2.75) is 19.0 Å². The summed E-state index contributed by atoms with van der Waals surface area (Å²) in [5.74, 6) is 0. The zero-order chi connectivity index (χ0) is 15.1. The highest BCUT2D eigenvalue weighted by Crippen LogP contribution is 2.25. The number of aryl methyl sites for hydroxylation is 1. The van der Waals surface area contributed by atoms with Crippen molar-refractivity contribution in [3.05, 3.63) is 71.3 Å². The van der Waals surface area contributed by atoms with Gasteiger partial charge >= 0.3 is 0 Å². The van der Waals surface area contributed by atoms with E-state index in [0.717, 1.165) is 0 Å². The van der Waals surface area contributed by atoms with Gasteiger partial charge in [0, 0.05) is 7.11 Å². The quantitative estimate of drug-likeness (QED) is 0.822. The lowest BCUT2D eigenvalue weighted by molar-refractivity contribution is 0.124. The smallest absolute Gasteiger partial charge is 0.0638 e. The van der Waals surface area contributed by atoms with E-state index >= 15 is 0 Å². The molecule has 2 unspecified atom stereocenters. The van der Waals surface area contributed by atoms with E-state index in [0.29, 0.717) is 6.61 Å². The van der Waals surface area contributed by atoms with Crippen molar-refractivity contribution in [2.75, 3.05) is 20.3 Å². The molecular formula is C18H23NO2. The average Bonchev–Trinajstić information content (AvgIpc) is 2.53. The van der Waals surface area contributed by atoms with E-state index < -0.39 is 0 Å². The number of benzene rings is 2. The molecule has 21 heavy (non-hydrogen) atoms. The molecule has 0 saturated carbocycles. The summed E-state index contributed by atoms with van der Waals surface area (Å²) in [4.78, 5) is 0. The minimum atomic E-state index is -0.0974. The Morgan fingerprint density at radius 3 is 2.33 bits per heavy atom. The second kappa shape index (κ2) is 7.93. The minimum absolute atomic E-state index is 0.0414. The van der Waals surface area contributed by atoms with E-state index in [4.69, 9.17) is 4.74 Å². The molecule has 0 bridgehead atoms. The van der Waals surface area contributed by atoms with Gasteiger partial charge in [0.2, 0.25) is 0 Å². The average molecular weight is 285 g/mol. The summed E-state index contributed by atoms with van der Waals surface area (Å²) in [6, 6.07) is 18.6. The molecule has 2 N–H and O–H groups in total. The summed E-state index contributed by atoms with van der Waals surface area (Å²) >= 11 is 0. The third kappa shape index (κ3) is 4.14. The van der Waals surface area contributed by atoms with Crippen molar-refractivity contribution in [3.63, 3.8) is 0 Å². The van der Waals surface area contributed by atoms with E-state index in [1.165, 1.54) is 16.7 Å². The largest absolute Gasteiger partial charge is 0.395 e. The molecule has 0 aliphatic rings. The van der Waals surface area contributed by atoms with Gasteiger partial charge in [0.05, 0.1) is 25.3 Å². The van der Waals surface area contributed by atoms with Crippen LogP contribution in [-0.2, 0) is 4.74 Å². The van der Waals surface area contributed by atoms with Crippen molar-refractivity contribution in [1.29, 1.82) is 0 Å². The van der Waals surface area contributed by atoms with Gasteiger partial charge in [0.15, 0.2) is 0 Å². The third-order valence-corrected chi connectivity index (χ3v) is 3.62. The molecule has 0 radical (unpaired) electrons. The Morgan fingerprint density at radius 1 is 1.05 bits per heavy atom. The van der Waals surface area contributed by atoms with Gasteiger partial charge in [-0.05, 0) is 23.6 Å². The molecular weight excluding hydrogens is 262 g/mol. The molecule has 0 saturated heterocycles. The third-order valence-electron chi connectivity index (χ3n) is 3.62. The van der Waals surface area contributed by atoms with E-state index in [9.17, 15) is 5.11 Å². The molecule has 2 aromatic rings. The van der Waals surface area contributed by atoms with Crippen molar-refractivity contribution in [2.24, 2.45) is 0 Å². The first kappa shape index (κ1) is 15.7. The van der Waals surface area contributed by atoms with Gasteiger partial charge in [-0.15, -0.1) is 0 Å². The fraction of sp³-hybridized carbons (Fsp3) is 0.333. The highest BCUT2D eigenvalue weighted by molar-refractivity contribution is 5.36. The van der Waals surface area contributed by atoms with Crippen LogP contribution in [0.3, 0.4) is 0 Å². The SMILES string of the molecule is COCC(CO)NC(c1ccccc1)c1ccccc1C. The van der Waals surface area contributed by atoms with E-state index in [1.54, 1.807) is 7.11 Å². The number of aliphatic hydroxyl groups is 1. The summed E-state index contributed by atoms with van der Waals surface area (Å²) in [6.07, 6.45) is 0. The molecule has 0 amide bonds. The van der Waals surface area contributed by atoms with Crippen LogP contribution >= 0.6 is 0 Å². The predicted molar refractivity (Wildman–Crippen MR) is 85.3 cm³/mol. The van der Waals surface area contributed by atoms with Crippen molar-refractivity contribution in [3.8, 4) is 0 Å². The minimum Gasteiger partial charge on any atom is -0.395 e. The van der Waals surface area contributed by atoms with Crippen LogP contribution in [0.15, 0.2) is 54.6 Å². The van der Waals surface area contributed by atoms with Crippen LogP contribution in [0.2, 0.25) is 0 Å². The standard InChI is InChI=1S/C18H23NO2/c1-14-8-6-7-11-17(14)18(15-9-4-3-5-10-15)19-16(12-20)13-21-2/h3-11,16,18-20H,12-13H2,1-2H3. The molecule has 2 aromatic carbocycles. The predicted octanol–water partition coefficient (Wildman–Crippen LogP) is 2.68. The Kier molecular flexibility index (Phi) is 5.93. The molecule has 0 aromatic heterocycles. The Bertz CT molecular complexity index is 542. The van der Waals surface area contributed by atoms with Crippen LogP contribution in [0.1, 0.15) is 22.7 Å². The molecule has 0 heterocycles. The topological polar surface area (TPSA) is 41.5 Å². The second-order valence-electron chi connectivity index (χ2n) is 5.20. The monoisotopic (exact) mass is 285 g/mol. The number of ether oxygens (including phenoxy) is 1. The van der Waals surface area contributed by atoms with E-state index in [1.807, 2.05) is 30.3 Å². The lowest BCUT2D eigenvalue weighted by Gasteiger charge is -2.26. The Balaban J connectivity index is 2.33. The van der Waals surface area contributed by atoms with Gasteiger partial charge in [0.1, 0.15) is 0 Å². The second-order valence-corrected chi connectivity index (χ2v) is 5.20. The summed E-state index contributed by atoms with van der Waals surface area (Å²) in [6.45, 7) is 2.63. The summed E-state index contributed by atoms with van der Waals surface area (Å²) in [5, 5.41) is 13.0. The molecule has 2 rings (SSSR count). The lowest BCUT2D eigenvalue weighted by atomic mass is 9.94. The Labute approximate surface area is 126 Å². The highest BCUT2D eigenvalue weighted by atomic mass is 16.5. The van der Waals surface area contributed by atoms with Crippen molar-refractivity contribution >= 4 is 0 Å². The van der Waals surface area contributed by atoms with Gasteiger partial charge in [-0.2, -0.15) is 0 Å². The summed E-state index contributed by atoms with van der Waals surface area (Å²) in [7, 11) is 1.65. The van der Waals surface area contributed by atoms with Crippen LogP contribution in [0.4, 0.5) is 0 Å². The van der Waals surface area contributed by atoms with Crippen LogP contribution in [-0.4, -0.2) is 31.5 Å². The van der Waals surface area contributed by atoms with Crippen LogP contribution in [0.25, 0.3) is 0 Å². The molecule has 2 atom stereocenters. The van der Waals surface area contributed by atoms with Gasteiger partial charge in [-0.25, -0.2) is 0 Å². The normalized spacial score (nSPS) is 13.9. The number of aliphatic hydroxyl groups excluding tert-OH is 1. The van der Waals surface area contributed by atoms with Crippen molar-refractivity contribution in [1.82, 2.24) is 5.32 Å². The van der Waals surface area contributed by atoms with Crippen LogP contribution < -0.4 is 5.32 Å². The number of hydrogen-bond acceptors (Lipinski definition) is 3. The molecule has 3 nitrogen and oxygen atoms in total. The van der Waals surface area contributed by atoms with Gasteiger partial charge in [-0.3, -0.25) is 5.32 Å². The zero-order valence-electron chi connectivity index (χ0n) is 12.6. The van der Waals surface area contributed by atoms with E-state index in [2.05, 4.69) is 36.5 Å². The molecule has 0 spiro atoms. The molecule has 3 heteroatoms. The summed E-state index contributed by atoms with van der Waals surface area (Å²) in [5.41, 5.74) is 3.63. The number of methoxy groups -OCH3 is 1. The van der Waals surface area contributed by atoms with E-state index in [-0.39, 0.29) is 18.7 Å². The lowest BCUT2D eigenvalue weighted by Crippen LogP contribution is -2.39. The zero-order valence-corrected chi connectivity index (χ0v) is 12.6. The fourth-order valence-corrected chi connectivity index (χ4v) is 2.51. The first-order chi connectivity index (χ1) is 10.3. The Hall–Kier alpha value is -1.68.